The number of nitrogens with zero attached hydrogens (tertiary/aromatic N) is 1. The highest BCUT2D eigenvalue weighted by Crippen LogP contribution is 2.04. The molecule has 0 N–H and O–H groups in total. The Morgan fingerprint density at radius 3 is 2.60 bits per heavy atom. The van der Waals surface area contributed by atoms with Gasteiger partial charge in [-0.3, -0.25) is 9.69 Å². The maximum absolute atomic E-state index is 11.1. The van der Waals surface area contributed by atoms with Crippen LogP contribution in [0, 0.1) is 0 Å². The van der Waals surface area contributed by atoms with Gasteiger partial charge in [0, 0.05) is 31.9 Å². The Morgan fingerprint density at radius 2 is 1.95 bits per heavy atom. The summed E-state index contributed by atoms with van der Waals surface area (Å²) >= 11 is 0. The summed E-state index contributed by atoms with van der Waals surface area (Å²) < 4.78 is 11.6. The number of hydrogen-bond donors (Lipinski definition) is 0. The second kappa shape index (κ2) is 8.20. The maximum atomic E-state index is 11.1. The molecule has 1 saturated heterocycles. The van der Waals surface area contributed by atoms with E-state index in [1.165, 1.54) is 12.8 Å². The van der Waals surface area contributed by atoms with E-state index < -0.39 is 7.12 Å². The van der Waals surface area contributed by atoms with Crippen molar-refractivity contribution < 1.29 is 14.1 Å². The van der Waals surface area contributed by atoms with Gasteiger partial charge in [-0.25, -0.2) is 0 Å². The van der Waals surface area contributed by atoms with Crippen LogP contribution in [0.5, 0.6) is 0 Å². The molecule has 1 aliphatic rings. The zero-order valence-corrected chi connectivity index (χ0v) is 12.1. The Kier molecular flexibility index (Phi) is 6.24. The summed E-state index contributed by atoms with van der Waals surface area (Å²) in [6, 6.07) is 7.44. The quantitative estimate of drug-likeness (QED) is 0.600. The predicted octanol–water partition coefficient (Wildman–Crippen LogP) is 1.34. The summed E-state index contributed by atoms with van der Waals surface area (Å²) in [4.78, 5) is 13.4. The van der Waals surface area contributed by atoms with Crippen LogP contribution >= 0.6 is 0 Å². The molecule has 108 valence electrons. The predicted molar refractivity (Wildman–Crippen MR) is 80.5 cm³/mol. The fraction of sp³-hybridized carbons (Fsp3) is 0.533. The van der Waals surface area contributed by atoms with Crippen LogP contribution in [-0.4, -0.2) is 51.2 Å². The lowest BCUT2D eigenvalue weighted by Crippen LogP contribution is -2.45. The van der Waals surface area contributed by atoms with Crippen LogP contribution in [0.2, 0.25) is 0 Å². The van der Waals surface area contributed by atoms with E-state index in [1.807, 2.05) is 18.2 Å². The number of carbonyl (C=O) groups is 1. The van der Waals surface area contributed by atoms with Crippen molar-refractivity contribution in [3.63, 3.8) is 0 Å². The van der Waals surface area contributed by atoms with Gasteiger partial charge in [0.15, 0.2) is 0 Å². The molecule has 1 aliphatic heterocycles. The molecular formula is C15H22BNO3. The van der Waals surface area contributed by atoms with Crippen molar-refractivity contribution >= 4 is 18.9 Å². The molecule has 1 aromatic rings. The first kappa shape index (κ1) is 15.2. The minimum Gasteiger partial charge on any atom is -0.406 e. The zero-order chi connectivity index (χ0) is 14.2. The molecule has 0 spiro atoms. The molecule has 0 atom stereocenters. The van der Waals surface area contributed by atoms with Crippen molar-refractivity contribution in [1.29, 1.82) is 0 Å². The van der Waals surface area contributed by atoms with Crippen molar-refractivity contribution in [2.75, 3.05) is 32.8 Å². The van der Waals surface area contributed by atoms with Crippen LogP contribution in [0.1, 0.15) is 30.1 Å². The Balaban J connectivity index is 1.94. The van der Waals surface area contributed by atoms with Gasteiger partial charge in [0.05, 0.1) is 0 Å². The Hall–Kier alpha value is -1.17. The number of carbonyl (C=O) groups excluding carboxylic acids is 1. The summed E-state index contributed by atoms with van der Waals surface area (Å²) in [6.07, 6.45) is 3.26. The third-order valence-electron chi connectivity index (χ3n) is 3.56. The molecule has 5 heteroatoms. The molecule has 1 fully saturated rings. The van der Waals surface area contributed by atoms with Crippen molar-refractivity contribution in [1.82, 2.24) is 4.90 Å². The van der Waals surface area contributed by atoms with Gasteiger partial charge in [0.25, 0.3) is 0 Å². The molecular weight excluding hydrogens is 253 g/mol. The van der Waals surface area contributed by atoms with Crippen LogP contribution in [-0.2, 0) is 9.31 Å². The molecule has 0 bridgehead atoms. The number of aldehydes is 1. The van der Waals surface area contributed by atoms with Crippen molar-refractivity contribution in [3.8, 4) is 0 Å². The van der Waals surface area contributed by atoms with Crippen molar-refractivity contribution in [3.05, 3.63) is 29.8 Å². The Morgan fingerprint density at radius 1 is 1.25 bits per heavy atom. The Bertz CT molecular complexity index is 417. The van der Waals surface area contributed by atoms with Gasteiger partial charge in [-0.2, -0.15) is 0 Å². The smallest absolute Gasteiger partial charge is 0.406 e. The third-order valence-corrected chi connectivity index (χ3v) is 3.56. The molecule has 2 rings (SSSR count). The van der Waals surface area contributed by atoms with Crippen LogP contribution < -0.4 is 5.46 Å². The van der Waals surface area contributed by atoms with Crippen LogP contribution in [0.15, 0.2) is 24.3 Å². The third kappa shape index (κ3) is 4.17. The van der Waals surface area contributed by atoms with Crippen molar-refractivity contribution in [2.24, 2.45) is 0 Å². The zero-order valence-electron chi connectivity index (χ0n) is 12.1. The lowest BCUT2D eigenvalue weighted by Gasteiger charge is -2.27. The molecule has 1 aromatic carbocycles. The first-order chi connectivity index (χ1) is 9.85. The summed E-state index contributed by atoms with van der Waals surface area (Å²) in [5.41, 5.74) is 1.46. The largest absolute Gasteiger partial charge is 0.494 e. The van der Waals surface area contributed by atoms with Gasteiger partial charge in [-0.1, -0.05) is 37.6 Å². The van der Waals surface area contributed by atoms with Gasteiger partial charge in [0.2, 0.25) is 0 Å². The average Bonchev–Trinajstić information content (AvgIpc) is 2.46. The highest BCUT2D eigenvalue weighted by Gasteiger charge is 2.26. The SMILES string of the molecule is CCCCN1CCOB(c2ccccc2C=O)OCC1. The van der Waals surface area contributed by atoms with Crippen molar-refractivity contribution in [2.45, 2.75) is 19.8 Å². The monoisotopic (exact) mass is 275 g/mol. The highest BCUT2D eigenvalue weighted by atomic mass is 16.6. The fourth-order valence-corrected chi connectivity index (χ4v) is 2.36. The number of unbranched alkanes of at least 4 members (excludes halogenated alkanes) is 1. The molecule has 0 saturated carbocycles. The molecule has 1 heterocycles. The van der Waals surface area contributed by atoms with Gasteiger partial charge < -0.3 is 9.31 Å². The van der Waals surface area contributed by atoms with E-state index in [1.54, 1.807) is 6.07 Å². The van der Waals surface area contributed by atoms with E-state index in [-0.39, 0.29) is 0 Å². The van der Waals surface area contributed by atoms with E-state index in [0.29, 0.717) is 18.8 Å². The summed E-state index contributed by atoms with van der Waals surface area (Å²) in [7, 11) is -0.426. The van der Waals surface area contributed by atoms with Gasteiger partial charge >= 0.3 is 7.12 Å². The lowest BCUT2D eigenvalue weighted by atomic mass is 9.76. The topological polar surface area (TPSA) is 38.8 Å². The first-order valence-corrected chi connectivity index (χ1v) is 7.34. The summed E-state index contributed by atoms with van der Waals surface area (Å²) in [6.45, 7) is 6.39. The molecule has 0 unspecified atom stereocenters. The highest BCUT2D eigenvalue weighted by molar-refractivity contribution is 6.62. The van der Waals surface area contributed by atoms with E-state index in [4.69, 9.17) is 9.31 Å². The average molecular weight is 275 g/mol. The number of benzene rings is 1. The molecule has 20 heavy (non-hydrogen) atoms. The second-order valence-corrected chi connectivity index (χ2v) is 5.02. The summed E-state index contributed by atoms with van der Waals surface area (Å²) in [5.74, 6) is 0. The summed E-state index contributed by atoms with van der Waals surface area (Å²) in [5, 5.41) is 0. The van der Waals surface area contributed by atoms with Gasteiger partial charge in [-0.05, 0) is 18.4 Å². The Labute approximate surface area is 121 Å². The minimum atomic E-state index is -0.426. The molecule has 0 aromatic heterocycles. The van der Waals surface area contributed by atoms with E-state index in [9.17, 15) is 4.79 Å². The van der Waals surface area contributed by atoms with E-state index >= 15 is 0 Å². The minimum absolute atomic E-state index is 0.426. The number of rotatable bonds is 5. The van der Waals surface area contributed by atoms with Gasteiger partial charge in [0.1, 0.15) is 6.29 Å². The van der Waals surface area contributed by atoms with Crippen LogP contribution in [0.4, 0.5) is 0 Å². The fourth-order valence-electron chi connectivity index (χ4n) is 2.36. The second-order valence-electron chi connectivity index (χ2n) is 5.02. The maximum Gasteiger partial charge on any atom is 0.494 e. The molecule has 0 radical (unpaired) electrons. The molecule has 0 aliphatic carbocycles. The van der Waals surface area contributed by atoms with Gasteiger partial charge in [-0.15, -0.1) is 0 Å². The lowest BCUT2D eigenvalue weighted by molar-refractivity contribution is 0.111. The standard InChI is InChI=1S/C15H22BNO3/c1-2-3-8-17-9-11-19-16(20-12-10-17)15-7-5-4-6-14(15)13-18/h4-7,13H,2-3,8-12H2,1H3. The van der Waals surface area contributed by atoms with E-state index in [0.717, 1.165) is 31.4 Å². The first-order valence-electron chi connectivity index (χ1n) is 7.34. The number of hydrogen-bond acceptors (Lipinski definition) is 4. The molecule has 4 nitrogen and oxygen atoms in total. The van der Waals surface area contributed by atoms with Crippen LogP contribution in [0.25, 0.3) is 0 Å². The molecule has 0 amide bonds. The normalized spacial score (nSPS) is 17.6. The van der Waals surface area contributed by atoms with Crippen LogP contribution in [0.3, 0.4) is 0 Å². The van der Waals surface area contributed by atoms with E-state index in [2.05, 4.69) is 11.8 Å².